The fraction of sp³-hybridized carbons (Fsp3) is 0.583. The molecule has 0 unspecified atom stereocenters. The Labute approximate surface area is 250 Å². The van der Waals surface area contributed by atoms with E-state index in [1.165, 1.54) is 37.4 Å². The van der Waals surface area contributed by atoms with E-state index in [9.17, 15) is 9.90 Å². The summed E-state index contributed by atoms with van der Waals surface area (Å²) in [6.45, 7) is 12.3. The van der Waals surface area contributed by atoms with Gasteiger partial charge in [0.2, 0.25) is 0 Å². The molecular formula is C36H46N2O4. The Morgan fingerprint density at radius 3 is 2.81 bits per heavy atom. The van der Waals surface area contributed by atoms with Crippen LogP contribution in [0.2, 0.25) is 0 Å². The van der Waals surface area contributed by atoms with E-state index in [2.05, 4.69) is 67.0 Å². The van der Waals surface area contributed by atoms with E-state index < -0.39 is 0 Å². The van der Waals surface area contributed by atoms with E-state index in [0.717, 1.165) is 62.4 Å². The first-order valence-corrected chi connectivity index (χ1v) is 16.2. The second-order valence-electron chi connectivity index (χ2n) is 14.1. The van der Waals surface area contributed by atoms with Gasteiger partial charge in [0, 0.05) is 61.2 Å². The van der Waals surface area contributed by atoms with E-state index in [4.69, 9.17) is 9.47 Å². The van der Waals surface area contributed by atoms with Gasteiger partial charge >= 0.3 is 5.97 Å². The van der Waals surface area contributed by atoms with Gasteiger partial charge in [-0.1, -0.05) is 55.8 Å². The smallest absolute Gasteiger partial charge is 0.308 e. The van der Waals surface area contributed by atoms with Crippen LogP contribution in [-0.4, -0.2) is 65.2 Å². The molecule has 3 fully saturated rings. The maximum Gasteiger partial charge on any atom is 0.308 e. The number of phenols is 1. The molecule has 2 heterocycles. The molecule has 2 aliphatic heterocycles. The van der Waals surface area contributed by atoms with Crippen LogP contribution in [0.25, 0.3) is 6.08 Å². The van der Waals surface area contributed by atoms with Crippen molar-refractivity contribution in [1.82, 2.24) is 9.80 Å². The molecule has 1 saturated heterocycles. The number of aryl methyl sites for hydroxylation is 1. The minimum Gasteiger partial charge on any atom is -0.504 e. The Bertz CT molecular complexity index is 1400. The summed E-state index contributed by atoms with van der Waals surface area (Å²) in [7, 11) is 0. The highest BCUT2D eigenvalue weighted by atomic mass is 16.5. The summed E-state index contributed by atoms with van der Waals surface area (Å²) in [5, 5.41) is 11.3. The van der Waals surface area contributed by atoms with Gasteiger partial charge in [0.05, 0.1) is 0 Å². The Morgan fingerprint density at radius 2 is 2.07 bits per heavy atom. The van der Waals surface area contributed by atoms with E-state index >= 15 is 0 Å². The molecule has 1 spiro atoms. The van der Waals surface area contributed by atoms with Gasteiger partial charge < -0.3 is 14.6 Å². The second kappa shape index (κ2) is 10.7. The van der Waals surface area contributed by atoms with Crippen LogP contribution < -0.4 is 9.47 Å². The zero-order chi connectivity index (χ0) is 29.2. The summed E-state index contributed by atoms with van der Waals surface area (Å²) in [4.78, 5) is 17.6. The van der Waals surface area contributed by atoms with E-state index in [1.807, 2.05) is 0 Å². The van der Waals surface area contributed by atoms with E-state index in [1.54, 1.807) is 6.07 Å². The number of aromatic hydroxyl groups is 1. The zero-order valence-corrected chi connectivity index (χ0v) is 25.6. The number of benzene rings is 2. The summed E-state index contributed by atoms with van der Waals surface area (Å²) in [6, 6.07) is 11.0. The monoisotopic (exact) mass is 570 g/mol. The molecule has 2 saturated carbocycles. The maximum atomic E-state index is 12.2. The van der Waals surface area contributed by atoms with Crippen molar-refractivity contribution < 1.29 is 19.4 Å². The summed E-state index contributed by atoms with van der Waals surface area (Å²) in [5.74, 6) is 2.78. The predicted octanol–water partition coefficient (Wildman–Crippen LogP) is 6.12. The number of nitrogens with zero attached hydrogens (tertiary/aromatic N) is 2. The fourth-order valence-electron chi connectivity index (χ4n) is 9.04. The first-order valence-electron chi connectivity index (χ1n) is 16.2. The van der Waals surface area contributed by atoms with Gasteiger partial charge in [0.15, 0.2) is 11.5 Å². The number of phenolic OH excluding ortho intramolecular Hbond substituents is 1. The molecule has 5 aliphatic rings. The Morgan fingerprint density at radius 1 is 1.24 bits per heavy atom. The third-order valence-electron chi connectivity index (χ3n) is 10.7. The van der Waals surface area contributed by atoms with Crippen LogP contribution in [0.1, 0.15) is 75.1 Å². The molecule has 0 radical (unpaired) electrons. The van der Waals surface area contributed by atoms with Crippen LogP contribution in [0.3, 0.4) is 0 Å². The van der Waals surface area contributed by atoms with Crippen molar-refractivity contribution in [3.8, 4) is 17.2 Å². The number of hydrogen-bond acceptors (Lipinski definition) is 6. The molecule has 224 valence electrons. The zero-order valence-electron chi connectivity index (χ0n) is 25.6. The van der Waals surface area contributed by atoms with Crippen LogP contribution >= 0.6 is 0 Å². The Hall–Kier alpha value is -2.83. The molecule has 2 bridgehead atoms. The van der Waals surface area contributed by atoms with Gasteiger partial charge in [0.25, 0.3) is 0 Å². The van der Waals surface area contributed by atoms with Gasteiger partial charge in [-0.15, -0.1) is 0 Å². The second-order valence-corrected chi connectivity index (χ2v) is 14.1. The first kappa shape index (κ1) is 28.0. The highest BCUT2D eigenvalue weighted by molar-refractivity contribution is 5.73. The van der Waals surface area contributed by atoms with Crippen LogP contribution in [-0.2, 0) is 16.6 Å². The number of ether oxygens (including phenoxy) is 2. The minimum absolute atomic E-state index is 0.0273. The van der Waals surface area contributed by atoms with Crippen molar-refractivity contribution in [2.45, 2.75) is 89.8 Å². The third-order valence-corrected chi connectivity index (χ3v) is 10.7. The lowest BCUT2D eigenvalue weighted by atomic mass is 9.50. The number of piperidine rings is 1. The lowest BCUT2D eigenvalue weighted by Gasteiger charge is -2.60. The first-order chi connectivity index (χ1) is 20.2. The summed E-state index contributed by atoms with van der Waals surface area (Å²) in [6.07, 6.45) is 11.4. The van der Waals surface area contributed by atoms with E-state index in [-0.39, 0.29) is 29.3 Å². The summed E-state index contributed by atoms with van der Waals surface area (Å²) in [5.41, 5.74) is 4.59. The largest absolute Gasteiger partial charge is 0.504 e. The van der Waals surface area contributed by atoms with Crippen LogP contribution in [0.15, 0.2) is 36.4 Å². The molecule has 2 aromatic rings. The molecule has 2 aromatic carbocycles. The molecule has 3 aliphatic carbocycles. The van der Waals surface area contributed by atoms with Crippen molar-refractivity contribution in [3.63, 3.8) is 0 Å². The Balaban J connectivity index is 1.27. The third kappa shape index (κ3) is 4.75. The molecule has 0 amide bonds. The fourth-order valence-corrected chi connectivity index (χ4v) is 9.04. The lowest BCUT2D eigenvalue weighted by Crippen LogP contribution is -2.69. The van der Waals surface area contributed by atoms with Gasteiger partial charge in [-0.25, -0.2) is 0 Å². The molecule has 1 N–H and O–H groups in total. The SMILES string of the molecule is CC(=O)Oc1cc(O)c2c3c1C[C@@H]1[C@@H]4CC[C@@H](N(CC=Cc5cccc(C)c5)CC(C)C)[C@H](O2)[C@]34CCN1CC1CC1. The van der Waals surface area contributed by atoms with Gasteiger partial charge in [-0.2, -0.15) is 0 Å². The molecular weight excluding hydrogens is 524 g/mol. The van der Waals surface area contributed by atoms with Crippen molar-refractivity contribution in [3.05, 3.63) is 58.7 Å². The average molecular weight is 571 g/mol. The van der Waals surface area contributed by atoms with Crippen molar-refractivity contribution >= 4 is 12.0 Å². The standard InChI is InChI=1S/C36H46N2O4/c1-22(2)20-37(15-6-9-25-8-5-7-23(3)17-25)29-13-12-28-30-18-27-32(41-24(4)39)19-31(40)34-33(27)36(28,35(29)42-34)14-16-38(30)21-26-10-11-26/h5-9,17,19,22,26,28-30,35,40H,10-16,18,20-21H2,1-4H3/t28-,29+,30+,35-,36-/m0/s1. The topological polar surface area (TPSA) is 62.2 Å². The molecule has 6 nitrogen and oxygen atoms in total. The number of likely N-dealkylation sites (tertiary alicyclic amines) is 1. The van der Waals surface area contributed by atoms with E-state index in [0.29, 0.717) is 29.4 Å². The van der Waals surface area contributed by atoms with Gasteiger partial charge in [-0.05, 0) is 75.3 Å². The normalized spacial score (nSPS) is 29.7. The molecule has 7 rings (SSSR count). The van der Waals surface area contributed by atoms with Gasteiger partial charge in [0.1, 0.15) is 11.9 Å². The molecule has 0 aromatic heterocycles. The average Bonchev–Trinajstić information content (AvgIpc) is 3.68. The maximum absolute atomic E-state index is 12.2. The van der Waals surface area contributed by atoms with Crippen LogP contribution in [0.5, 0.6) is 17.2 Å². The quantitative estimate of drug-likeness (QED) is 0.290. The molecule has 5 atom stereocenters. The van der Waals surface area contributed by atoms with Crippen molar-refractivity contribution in [2.75, 3.05) is 26.2 Å². The lowest BCUT2D eigenvalue weighted by molar-refractivity contribution is -0.132. The number of esters is 1. The number of hydrogen-bond donors (Lipinski definition) is 1. The Kier molecular flexibility index (Phi) is 7.13. The minimum atomic E-state index is -0.342. The molecule has 42 heavy (non-hydrogen) atoms. The summed E-state index contributed by atoms with van der Waals surface area (Å²) >= 11 is 0. The van der Waals surface area contributed by atoms with Gasteiger partial charge in [-0.3, -0.25) is 14.6 Å². The predicted molar refractivity (Wildman–Crippen MR) is 165 cm³/mol. The highest BCUT2D eigenvalue weighted by Crippen LogP contribution is 2.65. The van der Waals surface area contributed by atoms with Crippen molar-refractivity contribution in [2.24, 2.45) is 17.8 Å². The number of rotatable bonds is 9. The number of carbonyl (C=O) groups excluding carboxylic acids is 1. The summed E-state index contributed by atoms with van der Waals surface area (Å²) < 4.78 is 12.8. The van der Waals surface area contributed by atoms with Crippen molar-refractivity contribution in [1.29, 1.82) is 0 Å². The molecule has 6 heteroatoms. The van der Waals surface area contributed by atoms with Crippen LogP contribution in [0.4, 0.5) is 0 Å². The highest BCUT2D eigenvalue weighted by Gasteiger charge is 2.67. The van der Waals surface area contributed by atoms with Crippen LogP contribution in [0, 0.1) is 24.7 Å². The number of carbonyl (C=O) groups is 1.